The molecule has 2 aromatic rings. The molecule has 0 saturated carbocycles. The standard InChI is InChI=1S/C20H20ClNO3/c21-17-9-13(10-18-20(17)25-8-7-24-18)12-22-19(23)11-15-6-5-14-3-1-2-4-16(14)15/h1-4,9-10,15H,5-8,11-12H2,(H,22,23). The smallest absolute Gasteiger partial charge is 0.220 e. The molecular weight excluding hydrogens is 338 g/mol. The molecule has 0 spiro atoms. The number of halogens is 1. The predicted octanol–water partition coefficient (Wildman–Crippen LogP) is 3.85. The summed E-state index contributed by atoms with van der Waals surface area (Å²) in [6.07, 6.45) is 2.63. The van der Waals surface area contributed by atoms with E-state index in [9.17, 15) is 4.79 Å². The predicted molar refractivity (Wildman–Crippen MR) is 96.4 cm³/mol. The molecule has 2 aliphatic rings. The third-order valence-electron chi connectivity index (χ3n) is 4.84. The van der Waals surface area contributed by atoms with Crippen molar-refractivity contribution in [3.8, 4) is 11.5 Å². The Kier molecular flexibility index (Phi) is 4.53. The van der Waals surface area contributed by atoms with Crippen molar-refractivity contribution >= 4 is 17.5 Å². The van der Waals surface area contributed by atoms with Crippen LogP contribution < -0.4 is 14.8 Å². The van der Waals surface area contributed by atoms with E-state index in [1.54, 1.807) is 0 Å². The van der Waals surface area contributed by atoms with Gasteiger partial charge in [0.2, 0.25) is 5.91 Å². The topological polar surface area (TPSA) is 47.6 Å². The first-order valence-corrected chi connectivity index (χ1v) is 9.01. The summed E-state index contributed by atoms with van der Waals surface area (Å²) in [6.45, 7) is 1.45. The fourth-order valence-corrected chi connectivity index (χ4v) is 3.91. The average molecular weight is 358 g/mol. The molecule has 1 heterocycles. The van der Waals surface area contributed by atoms with Crippen LogP contribution in [0.25, 0.3) is 0 Å². The third-order valence-corrected chi connectivity index (χ3v) is 5.12. The molecule has 1 N–H and O–H groups in total. The van der Waals surface area contributed by atoms with E-state index in [2.05, 4.69) is 23.5 Å². The zero-order chi connectivity index (χ0) is 17.2. The van der Waals surface area contributed by atoms with Gasteiger partial charge in [-0.3, -0.25) is 4.79 Å². The summed E-state index contributed by atoms with van der Waals surface area (Å²) >= 11 is 6.24. The van der Waals surface area contributed by atoms with Crippen LogP contribution in [0.3, 0.4) is 0 Å². The number of nitrogens with one attached hydrogen (secondary N) is 1. The second-order valence-electron chi connectivity index (χ2n) is 6.52. The van der Waals surface area contributed by atoms with Gasteiger partial charge >= 0.3 is 0 Å². The minimum atomic E-state index is 0.0627. The highest BCUT2D eigenvalue weighted by molar-refractivity contribution is 6.32. The van der Waals surface area contributed by atoms with Gasteiger partial charge in [0, 0.05) is 13.0 Å². The lowest BCUT2D eigenvalue weighted by atomic mass is 9.97. The Morgan fingerprint density at radius 2 is 2.04 bits per heavy atom. The molecule has 0 aromatic heterocycles. The Bertz CT molecular complexity index is 806. The van der Waals surface area contributed by atoms with Crippen LogP contribution in [0.5, 0.6) is 11.5 Å². The zero-order valence-electron chi connectivity index (χ0n) is 13.9. The van der Waals surface area contributed by atoms with E-state index in [1.165, 1.54) is 11.1 Å². The molecule has 2 aromatic carbocycles. The molecule has 1 aliphatic heterocycles. The van der Waals surface area contributed by atoms with Crippen molar-refractivity contribution in [2.45, 2.75) is 31.7 Å². The lowest BCUT2D eigenvalue weighted by molar-refractivity contribution is -0.121. The van der Waals surface area contributed by atoms with Crippen molar-refractivity contribution in [3.05, 3.63) is 58.1 Å². The third kappa shape index (κ3) is 3.45. The molecule has 5 heteroatoms. The highest BCUT2D eigenvalue weighted by Gasteiger charge is 2.24. The minimum absolute atomic E-state index is 0.0627. The van der Waals surface area contributed by atoms with E-state index in [-0.39, 0.29) is 5.91 Å². The molecule has 0 saturated heterocycles. The second kappa shape index (κ2) is 6.96. The van der Waals surface area contributed by atoms with Crippen LogP contribution in [-0.2, 0) is 17.8 Å². The summed E-state index contributed by atoms with van der Waals surface area (Å²) in [5, 5.41) is 3.52. The van der Waals surface area contributed by atoms with Crippen LogP contribution in [0.15, 0.2) is 36.4 Å². The summed E-state index contributed by atoms with van der Waals surface area (Å²) in [5.41, 5.74) is 3.60. The van der Waals surface area contributed by atoms with Gasteiger partial charge in [-0.2, -0.15) is 0 Å². The largest absolute Gasteiger partial charge is 0.486 e. The highest BCUT2D eigenvalue weighted by Crippen LogP contribution is 2.38. The Balaban J connectivity index is 1.37. The second-order valence-corrected chi connectivity index (χ2v) is 6.92. The number of aryl methyl sites for hydroxylation is 1. The van der Waals surface area contributed by atoms with Crippen molar-refractivity contribution in [1.82, 2.24) is 5.32 Å². The average Bonchev–Trinajstić information content (AvgIpc) is 3.03. The zero-order valence-corrected chi connectivity index (χ0v) is 14.6. The molecule has 1 unspecified atom stereocenters. The number of benzene rings is 2. The first-order chi connectivity index (χ1) is 12.2. The Morgan fingerprint density at radius 3 is 2.96 bits per heavy atom. The lowest BCUT2D eigenvalue weighted by Gasteiger charge is -2.20. The van der Waals surface area contributed by atoms with Gasteiger partial charge in [0.05, 0.1) is 5.02 Å². The molecular formula is C20H20ClNO3. The molecule has 130 valence electrons. The van der Waals surface area contributed by atoms with E-state index in [0.29, 0.717) is 48.6 Å². The SMILES string of the molecule is O=C(CC1CCc2ccccc21)NCc1cc(Cl)c2c(c1)OCCO2. The maximum atomic E-state index is 12.4. The van der Waals surface area contributed by atoms with Crippen molar-refractivity contribution in [2.75, 3.05) is 13.2 Å². The number of hydrogen-bond acceptors (Lipinski definition) is 3. The van der Waals surface area contributed by atoms with E-state index in [0.717, 1.165) is 18.4 Å². The van der Waals surface area contributed by atoms with Crippen LogP contribution in [0.1, 0.15) is 35.4 Å². The maximum Gasteiger partial charge on any atom is 0.220 e. The van der Waals surface area contributed by atoms with Gasteiger partial charge in [0.15, 0.2) is 11.5 Å². The van der Waals surface area contributed by atoms with Gasteiger partial charge in [-0.15, -0.1) is 0 Å². The van der Waals surface area contributed by atoms with Crippen molar-refractivity contribution in [1.29, 1.82) is 0 Å². The Morgan fingerprint density at radius 1 is 1.20 bits per heavy atom. The van der Waals surface area contributed by atoms with Gasteiger partial charge in [0.1, 0.15) is 13.2 Å². The summed E-state index contributed by atoms with van der Waals surface area (Å²) in [7, 11) is 0. The summed E-state index contributed by atoms with van der Waals surface area (Å²) in [4.78, 5) is 12.4. The molecule has 1 amide bonds. The first kappa shape index (κ1) is 16.3. The van der Waals surface area contributed by atoms with Crippen LogP contribution in [0, 0.1) is 0 Å². The van der Waals surface area contributed by atoms with Crippen LogP contribution in [0.4, 0.5) is 0 Å². The van der Waals surface area contributed by atoms with Gasteiger partial charge in [0.25, 0.3) is 0 Å². The fraction of sp³-hybridized carbons (Fsp3) is 0.350. The molecule has 1 atom stereocenters. The molecule has 0 bridgehead atoms. The lowest BCUT2D eigenvalue weighted by Crippen LogP contribution is -2.24. The number of hydrogen-bond donors (Lipinski definition) is 1. The van der Waals surface area contributed by atoms with Gasteiger partial charge < -0.3 is 14.8 Å². The van der Waals surface area contributed by atoms with Crippen molar-refractivity contribution in [2.24, 2.45) is 0 Å². The number of carbonyl (C=O) groups is 1. The van der Waals surface area contributed by atoms with E-state index in [4.69, 9.17) is 21.1 Å². The Hall–Kier alpha value is -2.20. The van der Waals surface area contributed by atoms with Gasteiger partial charge in [-0.1, -0.05) is 35.9 Å². The minimum Gasteiger partial charge on any atom is -0.486 e. The summed E-state index contributed by atoms with van der Waals surface area (Å²) < 4.78 is 11.1. The van der Waals surface area contributed by atoms with E-state index < -0.39 is 0 Å². The van der Waals surface area contributed by atoms with Crippen LogP contribution in [0.2, 0.25) is 5.02 Å². The number of rotatable bonds is 4. The summed E-state index contributed by atoms with van der Waals surface area (Å²) in [5.74, 6) is 1.62. The molecule has 0 fully saturated rings. The molecule has 4 rings (SSSR count). The quantitative estimate of drug-likeness (QED) is 0.904. The van der Waals surface area contributed by atoms with Crippen molar-refractivity contribution in [3.63, 3.8) is 0 Å². The van der Waals surface area contributed by atoms with Gasteiger partial charge in [-0.25, -0.2) is 0 Å². The van der Waals surface area contributed by atoms with E-state index in [1.807, 2.05) is 18.2 Å². The van der Waals surface area contributed by atoms with Crippen LogP contribution >= 0.6 is 11.6 Å². The Labute approximate surface area is 152 Å². The first-order valence-electron chi connectivity index (χ1n) is 8.63. The molecule has 25 heavy (non-hydrogen) atoms. The number of amides is 1. The van der Waals surface area contributed by atoms with Crippen molar-refractivity contribution < 1.29 is 14.3 Å². The number of ether oxygens (including phenoxy) is 2. The fourth-order valence-electron chi connectivity index (χ4n) is 3.62. The van der Waals surface area contributed by atoms with Gasteiger partial charge in [-0.05, 0) is 47.6 Å². The summed E-state index contributed by atoms with van der Waals surface area (Å²) in [6, 6.07) is 12.1. The maximum absolute atomic E-state index is 12.4. The number of fused-ring (bicyclic) bond motifs is 2. The highest BCUT2D eigenvalue weighted by atomic mass is 35.5. The van der Waals surface area contributed by atoms with Crippen LogP contribution in [-0.4, -0.2) is 19.1 Å². The monoisotopic (exact) mass is 357 g/mol. The normalized spacial score (nSPS) is 17.9. The molecule has 0 radical (unpaired) electrons. The van der Waals surface area contributed by atoms with E-state index >= 15 is 0 Å². The molecule has 1 aliphatic carbocycles. The molecule has 4 nitrogen and oxygen atoms in total. The number of carbonyl (C=O) groups excluding carboxylic acids is 1.